The number of carbonyl (C=O) groups excluding carboxylic acids is 1. The zero-order valence-electron chi connectivity index (χ0n) is 24.0. The van der Waals surface area contributed by atoms with Gasteiger partial charge in [-0.15, -0.1) is 0 Å². The minimum atomic E-state index is -3.29. The Morgan fingerprint density at radius 3 is 2.36 bits per heavy atom. The van der Waals surface area contributed by atoms with E-state index in [1.54, 1.807) is 30.3 Å². The van der Waals surface area contributed by atoms with Crippen molar-refractivity contribution in [3.8, 4) is 22.4 Å². The van der Waals surface area contributed by atoms with Crippen LogP contribution < -0.4 is 5.32 Å². The Balaban J connectivity index is 1.41. The van der Waals surface area contributed by atoms with E-state index in [2.05, 4.69) is 10.1 Å². The zero-order chi connectivity index (χ0) is 31.3. The van der Waals surface area contributed by atoms with Crippen LogP contribution in [-0.2, 0) is 25.9 Å². The fourth-order valence-corrected chi connectivity index (χ4v) is 5.72. The molecule has 1 N–H and O–H groups in total. The number of esters is 1. The van der Waals surface area contributed by atoms with Crippen LogP contribution in [0.1, 0.15) is 17.0 Å². The summed E-state index contributed by atoms with van der Waals surface area (Å²) in [6, 6.07) is 27.9. The summed E-state index contributed by atoms with van der Waals surface area (Å²) < 4.78 is 30.7. The Labute approximate surface area is 266 Å². The third-order valence-electron chi connectivity index (χ3n) is 6.92. The molecule has 0 unspecified atom stereocenters. The third kappa shape index (κ3) is 7.77. The smallest absolute Gasteiger partial charge is 0.325 e. The van der Waals surface area contributed by atoms with Crippen LogP contribution in [-0.4, -0.2) is 43.8 Å². The summed E-state index contributed by atoms with van der Waals surface area (Å²) in [5.41, 5.74) is 6.03. The van der Waals surface area contributed by atoms with E-state index < -0.39 is 9.84 Å². The summed E-state index contributed by atoms with van der Waals surface area (Å²) in [6.45, 7) is 0.635. The molecule has 1 heterocycles. The summed E-state index contributed by atoms with van der Waals surface area (Å²) in [6.07, 6.45) is 7.08. The molecule has 0 amide bonds. The molecule has 0 saturated heterocycles. The lowest BCUT2D eigenvalue weighted by Crippen LogP contribution is -2.14. The number of hydrogen-bond acceptors (Lipinski definition) is 6. The lowest BCUT2D eigenvalue weighted by atomic mass is 10.0. The van der Waals surface area contributed by atoms with Crippen molar-refractivity contribution in [1.82, 2.24) is 9.55 Å². The van der Waals surface area contributed by atoms with Crippen molar-refractivity contribution in [3.63, 3.8) is 0 Å². The lowest BCUT2D eigenvalue weighted by molar-refractivity contribution is -0.138. The van der Waals surface area contributed by atoms with Crippen molar-refractivity contribution in [1.29, 1.82) is 0 Å². The Hall–Kier alpha value is -4.37. The first-order valence-corrected chi connectivity index (χ1v) is 16.2. The quantitative estimate of drug-likeness (QED) is 0.156. The average molecular weight is 647 g/mol. The number of nitrogens with zero attached hydrogens (tertiary/aromatic N) is 2. The van der Waals surface area contributed by atoms with E-state index in [0.717, 1.165) is 39.3 Å². The molecule has 0 saturated carbocycles. The van der Waals surface area contributed by atoms with Crippen LogP contribution in [0, 0.1) is 0 Å². The molecule has 5 rings (SSSR count). The normalized spacial score (nSPS) is 11.5. The predicted octanol–water partition coefficient (Wildman–Crippen LogP) is 7.73. The van der Waals surface area contributed by atoms with Crippen LogP contribution in [0.15, 0.2) is 102 Å². The van der Waals surface area contributed by atoms with Gasteiger partial charge in [0, 0.05) is 35.3 Å². The standard InChI is InChI=1S/C34H29Cl2N3O4S/c1-43-34(40)20-37-28-14-8-24(9-15-28)21-39-22-32(30-16-13-27(35)19-31(30)36)38-33(39)17-10-23-6-11-25(12-7-23)26-4-3-5-29(18-26)44(2,41)42/h3-19,22,37H,20-21H2,1-2H3. The van der Waals surface area contributed by atoms with E-state index in [1.807, 2.05) is 83.6 Å². The summed E-state index contributed by atoms with van der Waals surface area (Å²) in [5.74, 6) is 0.386. The number of nitrogens with one attached hydrogen (secondary N) is 1. The zero-order valence-corrected chi connectivity index (χ0v) is 26.3. The maximum Gasteiger partial charge on any atom is 0.325 e. The van der Waals surface area contributed by atoms with E-state index in [9.17, 15) is 13.2 Å². The highest BCUT2D eigenvalue weighted by Crippen LogP contribution is 2.31. The molecule has 224 valence electrons. The van der Waals surface area contributed by atoms with Crippen molar-refractivity contribution < 1.29 is 17.9 Å². The van der Waals surface area contributed by atoms with Gasteiger partial charge in [0.25, 0.3) is 0 Å². The largest absolute Gasteiger partial charge is 0.468 e. The number of hydrogen-bond donors (Lipinski definition) is 1. The van der Waals surface area contributed by atoms with Crippen molar-refractivity contribution >= 4 is 56.8 Å². The molecule has 0 bridgehead atoms. The molecular formula is C34H29Cl2N3O4S. The molecule has 0 fully saturated rings. The maximum absolute atomic E-state index is 12.0. The van der Waals surface area contributed by atoms with Gasteiger partial charge >= 0.3 is 5.97 Å². The summed E-state index contributed by atoms with van der Waals surface area (Å²) >= 11 is 12.6. The number of benzene rings is 4. The second-order valence-corrected chi connectivity index (χ2v) is 13.0. The molecule has 44 heavy (non-hydrogen) atoms. The van der Waals surface area contributed by atoms with Gasteiger partial charge in [-0.05, 0) is 70.8 Å². The molecule has 0 aliphatic heterocycles. The monoisotopic (exact) mass is 645 g/mol. The Morgan fingerprint density at radius 1 is 0.932 bits per heavy atom. The number of rotatable bonds is 10. The first-order chi connectivity index (χ1) is 21.1. The molecule has 1 aromatic heterocycles. The molecular weight excluding hydrogens is 617 g/mol. The number of imidazole rings is 1. The van der Waals surface area contributed by atoms with E-state index >= 15 is 0 Å². The first-order valence-electron chi connectivity index (χ1n) is 13.6. The molecule has 0 radical (unpaired) electrons. The molecule has 10 heteroatoms. The van der Waals surface area contributed by atoms with Crippen molar-refractivity contribution in [2.75, 3.05) is 25.2 Å². The molecule has 0 spiro atoms. The highest BCUT2D eigenvalue weighted by atomic mass is 35.5. The number of anilines is 1. The number of aromatic nitrogens is 2. The molecule has 0 aliphatic carbocycles. The van der Waals surface area contributed by atoms with Crippen LogP contribution in [0.5, 0.6) is 0 Å². The highest BCUT2D eigenvalue weighted by Gasteiger charge is 2.13. The number of methoxy groups -OCH3 is 1. The number of carbonyl (C=O) groups is 1. The molecule has 0 aliphatic rings. The van der Waals surface area contributed by atoms with Crippen LogP contribution in [0.2, 0.25) is 10.0 Å². The van der Waals surface area contributed by atoms with Gasteiger partial charge in [-0.25, -0.2) is 13.4 Å². The summed E-state index contributed by atoms with van der Waals surface area (Å²) in [4.78, 5) is 16.6. The van der Waals surface area contributed by atoms with Crippen LogP contribution in [0.4, 0.5) is 5.69 Å². The number of ether oxygens (including phenoxy) is 1. The lowest BCUT2D eigenvalue weighted by Gasteiger charge is -2.08. The minimum Gasteiger partial charge on any atom is -0.468 e. The van der Waals surface area contributed by atoms with Crippen LogP contribution in [0.3, 0.4) is 0 Å². The van der Waals surface area contributed by atoms with Crippen molar-refractivity contribution in [2.45, 2.75) is 11.4 Å². The average Bonchev–Trinajstić information content (AvgIpc) is 3.41. The Bertz CT molecular complexity index is 1930. The molecule has 5 aromatic rings. The van der Waals surface area contributed by atoms with Crippen LogP contribution in [0.25, 0.3) is 34.5 Å². The van der Waals surface area contributed by atoms with Gasteiger partial charge in [0.05, 0.1) is 22.7 Å². The minimum absolute atomic E-state index is 0.0888. The second-order valence-electron chi connectivity index (χ2n) is 10.1. The predicted molar refractivity (Wildman–Crippen MR) is 178 cm³/mol. The van der Waals surface area contributed by atoms with E-state index in [0.29, 0.717) is 22.3 Å². The summed E-state index contributed by atoms with van der Waals surface area (Å²) in [7, 11) is -1.94. The third-order valence-corrected chi connectivity index (χ3v) is 8.57. The first kappa shape index (κ1) is 31.1. The number of halogens is 2. The van der Waals surface area contributed by atoms with Crippen molar-refractivity contribution in [2.24, 2.45) is 0 Å². The Kier molecular flexibility index (Phi) is 9.54. The topological polar surface area (TPSA) is 90.3 Å². The fraction of sp³-hybridized carbons (Fsp3) is 0.118. The Morgan fingerprint density at radius 2 is 1.68 bits per heavy atom. The molecule has 0 atom stereocenters. The SMILES string of the molecule is COC(=O)CNc1ccc(Cn2cc(-c3ccc(Cl)cc3Cl)nc2C=Cc2ccc(-c3cccc(S(C)(=O)=O)c3)cc2)cc1. The van der Waals surface area contributed by atoms with E-state index in [1.165, 1.54) is 13.4 Å². The van der Waals surface area contributed by atoms with E-state index in [-0.39, 0.29) is 17.4 Å². The fourth-order valence-electron chi connectivity index (χ4n) is 4.55. The van der Waals surface area contributed by atoms with Gasteiger partial charge in [-0.2, -0.15) is 0 Å². The van der Waals surface area contributed by atoms with Gasteiger partial charge in [0.15, 0.2) is 9.84 Å². The molecule has 7 nitrogen and oxygen atoms in total. The van der Waals surface area contributed by atoms with E-state index in [4.69, 9.17) is 28.2 Å². The van der Waals surface area contributed by atoms with Gasteiger partial charge in [-0.3, -0.25) is 4.79 Å². The van der Waals surface area contributed by atoms with Gasteiger partial charge in [0.1, 0.15) is 12.4 Å². The summed E-state index contributed by atoms with van der Waals surface area (Å²) in [5, 5.41) is 4.09. The van der Waals surface area contributed by atoms with Gasteiger partial charge in [-0.1, -0.05) is 77.8 Å². The maximum atomic E-state index is 12.0. The molecule has 4 aromatic carbocycles. The number of sulfone groups is 1. The van der Waals surface area contributed by atoms with Gasteiger partial charge < -0.3 is 14.6 Å². The van der Waals surface area contributed by atoms with Gasteiger partial charge in [0.2, 0.25) is 0 Å². The second kappa shape index (κ2) is 13.5. The van der Waals surface area contributed by atoms with Crippen molar-refractivity contribution in [3.05, 3.63) is 124 Å². The van der Waals surface area contributed by atoms with Crippen LogP contribution >= 0.6 is 23.2 Å². The highest BCUT2D eigenvalue weighted by molar-refractivity contribution is 7.90.